The van der Waals surface area contributed by atoms with Gasteiger partial charge in [-0.3, -0.25) is 0 Å². The van der Waals surface area contributed by atoms with E-state index in [1.165, 1.54) is 0 Å². The second kappa shape index (κ2) is 7.06. The molecule has 2 aliphatic heterocycles. The number of ether oxygens (including phenoxy) is 1. The minimum absolute atomic E-state index is 0.0528. The molecule has 1 saturated heterocycles. The largest absolute Gasteiger partial charge is 0.392 e. The van der Waals surface area contributed by atoms with E-state index < -0.39 is 0 Å². The van der Waals surface area contributed by atoms with Crippen molar-refractivity contribution in [2.45, 2.75) is 18.9 Å². The summed E-state index contributed by atoms with van der Waals surface area (Å²) in [7, 11) is 1.67. The van der Waals surface area contributed by atoms with Gasteiger partial charge >= 0.3 is 0 Å². The zero-order chi connectivity index (χ0) is 16.2. The summed E-state index contributed by atoms with van der Waals surface area (Å²) in [6.07, 6.45) is 12.5. The van der Waals surface area contributed by atoms with Crippen molar-refractivity contribution in [1.29, 1.82) is 0 Å². The number of likely N-dealkylation sites (tertiary alicyclic amines) is 1. The molecule has 4 nitrogen and oxygen atoms in total. The molecule has 5 heteroatoms. The molecule has 3 aliphatic rings. The molecule has 0 unspecified atom stereocenters. The fraction of sp³-hybridized carbons (Fsp3) is 0.389. The number of halogens is 1. The summed E-state index contributed by atoms with van der Waals surface area (Å²) in [5.74, 6) is 0.204. The first kappa shape index (κ1) is 15.9. The van der Waals surface area contributed by atoms with E-state index in [9.17, 15) is 9.50 Å². The average Bonchev–Trinajstić information content (AvgIpc) is 2.86. The molecule has 122 valence electrons. The van der Waals surface area contributed by atoms with Gasteiger partial charge in [0.05, 0.1) is 12.7 Å². The predicted octanol–water partition coefficient (Wildman–Crippen LogP) is 2.66. The van der Waals surface area contributed by atoms with Gasteiger partial charge in [-0.1, -0.05) is 30.4 Å². The molecule has 0 radical (unpaired) electrons. The van der Waals surface area contributed by atoms with E-state index in [2.05, 4.69) is 4.99 Å². The fourth-order valence-corrected chi connectivity index (χ4v) is 2.75. The minimum atomic E-state index is -0.210. The first-order valence-electron chi connectivity index (χ1n) is 7.79. The second-order valence-electron chi connectivity index (χ2n) is 5.82. The van der Waals surface area contributed by atoms with E-state index in [0.29, 0.717) is 25.3 Å². The highest BCUT2D eigenvalue weighted by atomic mass is 19.1. The first-order valence-corrected chi connectivity index (χ1v) is 7.79. The zero-order valence-electron chi connectivity index (χ0n) is 13.2. The average molecular weight is 316 g/mol. The standard InChI is InChI=1S/C18H21FN2O2/c1-23-16-10-21(11-16)18-17(19)8-7-15(9-20-18)14-4-2-3-13(12-22)5-6-14/h2-4,6-7,9,16,22H,5,8,10-12H2,1H3. The van der Waals surface area contributed by atoms with Crippen LogP contribution in [0.3, 0.4) is 0 Å². The van der Waals surface area contributed by atoms with Crippen LogP contribution in [0.1, 0.15) is 12.8 Å². The Labute approximate surface area is 135 Å². The Morgan fingerprint density at radius 1 is 1.30 bits per heavy atom. The number of hydrogen-bond acceptors (Lipinski definition) is 4. The Balaban J connectivity index is 1.72. The van der Waals surface area contributed by atoms with E-state index >= 15 is 0 Å². The third-order valence-corrected chi connectivity index (χ3v) is 4.28. The maximum absolute atomic E-state index is 14.3. The highest BCUT2D eigenvalue weighted by molar-refractivity contribution is 5.87. The van der Waals surface area contributed by atoms with Gasteiger partial charge in [-0.25, -0.2) is 9.38 Å². The van der Waals surface area contributed by atoms with Gasteiger partial charge in [-0.05, 0) is 23.1 Å². The third-order valence-electron chi connectivity index (χ3n) is 4.28. The van der Waals surface area contributed by atoms with Gasteiger partial charge in [0.25, 0.3) is 0 Å². The van der Waals surface area contributed by atoms with Crippen LogP contribution in [0.5, 0.6) is 0 Å². The van der Waals surface area contributed by atoms with Gasteiger partial charge in [-0.2, -0.15) is 0 Å². The maximum Gasteiger partial charge on any atom is 0.160 e. The number of rotatable bonds is 4. The molecule has 1 N–H and O–H groups in total. The number of aliphatic imine (C=N–C) groups is 1. The Morgan fingerprint density at radius 3 is 2.83 bits per heavy atom. The van der Waals surface area contributed by atoms with Gasteiger partial charge in [0.2, 0.25) is 0 Å². The molecule has 0 spiro atoms. The van der Waals surface area contributed by atoms with E-state index in [-0.39, 0.29) is 25.0 Å². The summed E-state index contributed by atoms with van der Waals surface area (Å²) in [4.78, 5) is 6.26. The molecule has 0 bridgehead atoms. The number of nitrogens with zero attached hydrogens (tertiary/aromatic N) is 2. The molecule has 0 atom stereocenters. The second-order valence-corrected chi connectivity index (χ2v) is 5.82. The summed E-state index contributed by atoms with van der Waals surface area (Å²) in [6.45, 7) is 1.41. The van der Waals surface area contributed by atoms with Crippen LogP contribution in [0.15, 0.2) is 63.7 Å². The summed E-state index contributed by atoms with van der Waals surface area (Å²) >= 11 is 0. The van der Waals surface area contributed by atoms with Crippen molar-refractivity contribution in [1.82, 2.24) is 4.90 Å². The SMILES string of the molecule is COC1CN(C2=C(F)CC=C(C3=CCC(CO)=CC=C3)C=N2)C1. The Kier molecular flexibility index (Phi) is 4.88. The minimum Gasteiger partial charge on any atom is -0.392 e. The van der Waals surface area contributed by atoms with Crippen LogP contribution in [0, 0.1) is 0 Å². The van der Waals surface area contributed by atoms with Crippen LogP contribution in [-0.4, -0.2) is 49.1 Å². The number of allylic oxidation sites excluding steroid dienone is 8. The summed E-state index contributed by atoms with van der Waals surface area (Å²) < 4.78 is 19.5. The first-order chi connectivity index (χ1) is 11.2. The lowest BCUT2D eigenvalue weighted by molar-refractivity contribution is -0.0133. The Bertz CT molecular complexity index is 650. The molecule has 0 aromatic heterocycles. The van der Waals surface area contributed by atoms with Gasteiger partial charge in [0.15, 0.2) is 5.82 Å². The van der Waals surface area contributed by atoms with E-state index in [4.69, 9.17) is 4.74 Å². The van der Waals surface area contributed by atoms with Crippen molar-refractivity contribution in [2.75, 3.05) is 26.8 Å². The number of methoxy groups -OCH3 is 1. The topological polar surface area (TPSA) is 45.1 Å². The van der Waals surface area contributed by atoms with E-state index in [0.717, 1.165) is 16.7 Å². The molecule has 0 amide bonds. The molecule has 1 aliphatic carbocycles. The molecule has 0 saturated carbocycles. The Morgan fingerprint density at radius 2 is 2.09 bits per heavy atom. The Hall–Kier alpha value is -1.98. The lowest BCUT2D eigenvalue weighted by Crippen LogP contribution is -2.50. The summed E-state index contributed by atoms with van der Waals surface area (Å²) in [5, 5.41) is 9.22. The molecule has 0 aromatic carbocycles. The number of hydrogen-bond donors (Lipinski definition) is 1. The van der Waals surface area contributed by atoms with Crippen molar-refractivity contribution >= 4 is 6.21 Å². The number of aliphatic hydroxyl groups is 1. The van der Waals surface area contributed by atoms with Crippen molar-refractivity contribution in [3.05, 3.63) is 58.7 Å². The van der Waals surface area contributed by atoms with Gasteiger partial charge in [-0.15, -0.1) is 0 Å². The van der Waals surface area contributed by atoms with Crippen molar-refractivity contribution in [3.63, 3.8) is 0 Å². The fourth-order valence-electron chi connectivity index (χ4n) is 2.75. The van der Waals surface area contributed by atoms with Crippen LogP contribution < -0.4 is 0 Å². The summed E-state index contributed by atoms with van der Waals surface area (Å²) in [5.41, 5.74) is 2.86. The highest BCUT2D eigenvalue weighted by Crippen LogP contribution is 2.28. The van der Waals surface area contributed by atoms with Crippen LogP contribution in [0.2, 0.25) is 0 Å². The maximum atomic E-state index is 14.3. The zero-order valence-corrected chi connectivity index (χ0v) is 13.2. The van der Waals surface area contributed by atoms with Gasteiger partial charge < -0.3 is 14.7 Å². The van der Waals surface area contributed by atoms with Crippen molar-refractivity contribution < 1.29 is 14.2 Å². The molecule has 3 rings (SSSR count). The number of aliphatic hydroxyl groups excluding tert-OH is 1. The van der Waals surface area contributed by atoms with Crippen molar-refractivity contribution in [2.24, 2.45) is 4.99 Å². The van der Waals surface area contributed by atoms with Crippen LogP contribution in [0.25, 0.3) is 0 Å². The smallest absolute Gasteiger partial charge is 0.160 e. The van der Waals surface area contributed by atoms with Crippen LogP contribution in [-0.2, 0) is 4.74 Å². The van der Waals surface area contributed by atoms with E-state index in [1.807, 2.05) is 35.3 Å². The molecule has 1 fully saturated rings. The molecule has 0 aromatic rings. The lowest BCUT2D eigenvalue weighted by Gasteiger charge is -2.39. The van der Waals surface area contributed by atoms with E-state index in [1.54, 1.807) is 13.3 Å². The molecule has 23 heavy (non-hydrogen) atoms. The summed E-state index contributed by atoms with van der Waals surface area (Å²) in [6, 6.07) is 0. The normalized spacial score (nSPS) is 22.2. The third kappa shape index (κ3) is 3.51. The lowest BCUT2D eigenvalue weighted by atomic mass is 10.0. The van der Waals surface area contributed by atoms with Gasteiger partial charge in [0.1, 0.15) is 5.83 Å². The van der Waals surface area contributed by atoms with Gasteiger partial charge in [0, 0.05) is 32.8 Å². The van der Waals surface area contributed by atoms with Crippen molar-refractivity contribution in [3.8, 4) is 0 Å². The predicted molar refractivity (Wildman–Crippen MR) is 88.7 cm³/mol. The molecule has 2 heterocycles. The van der Waals surface area contributed by atoms with Crippen LogP contribution >= 0.6 is 0 Å². The van der Waals surface area contributed by atoms with Crippen LogP contribution in [0.4, 0.5) is 4.39 Å². The molecular formula is C18H21FN2O2. The monoisotopic (exact) mass is 316 g/mol. The molecular weight excluding hydrogens is 295 g/mol. The quantitative estimate of drug-likeness (QED) is 0.867. The highest BCUT2D eigenvalue weighted by Gasteiger charge is 2.30.